The number of rotatable bonds is 3. The van der Waals surface area contributed by atoms with Gasteiger partial charge in [-0.15, -0.1) is 10.2 Å². The number of anilines is 2. The first-order valence-electron chi connectivity index (χ1n) is 8.01. The Bertz CT molecular complexity index is 623. The van der Waals surface area contributed by atoms with Crippen LogP contribution in [0.25, 0.3) is 0 Å². The van der Waals surface area contributed by atoms with Crippen LogP contribution in [-0.2, 0) is 7.05 Å². The van der Waals surface area contributed by atoms with E-state index in [-0.39, 0.29) is 0 Å². The van der Waals surface area contributed by atoms with E-state index in [4.69, 9.17) is 5.73 Å². The van der Waals surface area contributed by atoms with Gasteiger partial charge in [0.25, 0.3) is 0 Å². The molecule has 1 saturated carbocycles. The second kappa shape index (κ2) is 6.08. The lowest BCUT2D eigenvalue weighted by Crippen LogP contribution is -2.26. The fourth-order valence-corrected chi connectivity index (χ4v) is 3.24. The first-order valence-corrected chi connectivity index (χ1v) is 8.01. The molecule has 1 heterocycles. The standard InChI is InChI=1S/C17H25N5/c1-12-4-10-15(11-5-12)21(2)17-20-19-16(22(17)3)13-6-8-14(18)9-7-13/h4-5,10-11,13-14H,6-9,18H2,1-3H3. The Kier molecular flexibility index (Phi) is 4.16. The van der Waals surface area contributed by atoms with E-state index >= 15 is 0 Å². The summed E-state index contributed by atoms with van der Waals surface area (Å²) in [6, 6.07) is 8.82. The molecule has 22 heavy (non-hydrogen) atoms. The molecule has 2 N–H and O–H groups in total. The lowest BCUT2D eigenvalue weighted by Gasteiger charge is -2.25. The van der Waals surface area contributed by atoms with Gasteiger partial charge in [0.05, 0.1) is 0 Å². The zero-order valence-electron chi connectivity index (χ0n) is 13.7. The summed E-state index contributed by atoms with van der Waals surface area (Å²) < 4.78 is 2.13. The van der Waals surface area contributed by atoms with Crippen molar-refractivity contribution in [2.75, 3.05) is 11.9 Å². The van der Waals surface area contributed by atoms with Crippen molar-refractivity contribution in [1.29, 1.82) is 0 Å². The summed E-state index contributed by atoms with van der Waals surface area (Å²) in [7, 11) is 4.10. The molecule has 0 spiro atoms. The van der Waals surface area contributed by atoms with Gasteiger partial charge in [0.15, 0.2) is 0 Å². The monoisotopic (exact) mass is 299 g/mol. The highest BCUT2D eigenvalue weighted by Gasteiger charge is 2.25. The quantitative estimate of drug-likeness (QED) is 0.946. The maximum absolute atomic E-state index is 6.00. The molecule has 3 rings (SSSR count). The molecule has 0 saturated heterocycles. The third-order valence-corrected chi connectivity index (χ3v) is 4.74. The Morgan fingerprint density at radius 1 is 1.09 bits per heavy atom. The first-order chi connectivity index (χ1) is 10.6. The van der Waals surface area contributed by atoms with Gasteiger partial charge in [-0.1, -0.05) is 17.7 Å². The summed E-state index contributed by atoms with van der Waals surface area (Å²) in [4.78, 5) is 2.09. The topological polar surface area (TPSA) is 60.0 Å². The number of nitrogens with two attached hydrogens (primary N) is 1. The second-order valence-electron chi connectivity index (χ2n) is 6.42. The number of aromatic nitrogens is 3. The minimum Gasteiger partial charge on any atom is -0.328 e. The molecule has 1 aromatic carbocycles. The molecule has 2 aromatic rings. The van der Waals surface area contributed by atoms with Crippen LogP contribution >= 0.6 is 0 Å². The van der Waals surface area contributed by atoms with Gasteiger partial charge in [-0.3, -0.25) is 4.57 Å². The minimum atomic E-state index is 0.360. The van der Waals surface area contributed by atoms with Crippen molar-refractivity contribution in [2.24, 2.45) is 12.8 Å². The zero-order valence-corrected chi connectivity index (χ0v) is 13.7. The Morgan fingerprint density at radius 2 is 1.73 bits per heavy atom. The van der Waals surface area contributed by atoms with Crippen LogP contribution in [0.15, 0.2) is 24.3 Å². The molecule has 0 bridgehead atoms. The van der Waals surface area contributed by atoms with Crippen molar-refractivity contribution in [1.82, 2.24) is 14.8 Å². The lowest BCUT2D eigenvalue weighted by molar-refractivity contribution is 0.379. The van der Waals surface area contributed by atoms with Crippen LogP contribution in [0.4, 0.5) is 11.6 Å². The summed E-state index contributed by atoms with van der Waals surface area (Å²) in [5.41, 5.74) is 8.39. The zero-order chi connectivity index (χ0) is 15.7. The Morgan fingerprint density at radius 3 is 2.36 bits per heavy atom. The lowest BCUT2D eigenvalue weighted by atomic mass is 9.86. The molecule has 0 amide bonds. The molecule has 1 aliphatic carbocycles. The highest BCUT2D eigenvalue weighted by atomic mass is 15.4. The molecule has 0 radical (unpaired) electrons. The highest BCUT2D eigenvalue weighted by Crippen LogP contribution is 2.33. The van der Waals surface area contributed by atoms with Gasteiger partial charge in [0.2, 0.25) is 5.95 Å². The van der Waals surface area contributed by atoms with Crippen LogP contribution in [0.1, 0.15) is 43.0 Å². The molecule has 1 aromatic heterocycles. The van der Waals surface area contributed by atoms with Crippen LogP contribution < -0.4 is 10.6 Å². The number of benzene rings is 1. The maximum Gasteiger partial charge on any atom is 0.231 e. The molecular formula is C17H25N5. The van der Waals surface area contributed by atoms with E-state index in [9.17, 15) is 0 Å². The summed E-state index contributed by atoms with van der Waals surface area (Å²) in [6.07, 6.45) is 4.39. The third-order valence-electron chi connectivity index (χ3n) is 4.74. The number of hydrogen-bond acceptors (Lipinski definition) is 4. The molecular weight excluding hydrogens is 274 g/mol. The average molecular weight is 299 g/mol. The normalized spacial score (nSPS) is 21.8. The number of hydrogen-bond donors (Lipinski definition) is 1. The molecule has 0 unspecified atom stereocenters. The van der Waals surface area contributed by atoms with Crippen molar-refractivity contribution in [3.8, 4) is 0 Å². The Labute approximate surface area is 132 Å². The molecule has 118 valence electrons. The Hall–Kier alpha value is -1.88. The van der Waals surface area contributed by atoms with E-state index in [0.29, 0.717) is 12.0 Å². The van der Waals surface area contributed by atoms with Crippen LogP contribution in [-0.4, -0.2) is 27.9 Å². The summed E-state index contributed by atoms with van der Waals surface area (Å²) in [5.74, 6) is 2.45. The molecule has 1 aliphatic rings. The maximum atomic E-state index is 6.00. The van der Waals surface area contributed by atoms with Gasteiger partial charge in [0, 0.05) is 31.7 Å². The first kappa shape index (κ1) is 15.0. The van der Waals surface area contributed by atoms with E-state index in [2.05, 4.69) is 57.9 Å². The largest absolute Gasteiger partial charge is 0.328 e. The fraction of sp³-hybridized carbons (Fsp3) is 0.529. The van der Waals surface area contributed by atoms with Gasteiger partial charge in [-0.2, -0.15) is 0 Å². The Balaban J connectivity index is 1.82. The van der Waals surface area contributed by atoms with E-state index < -0.39 is 0 Å². The van der Waals surface area contributed by atoms with Crippen molar-refractivity contribution in [3.05, 3.63) is 35.7 Å². The molecule has 0 atom stereocenters. The van der Waals surface area contributed by atoms with Crippen molar-refractivity contribution < 1.29 is 0 Å². The molecule has 0 aliphatic heterocycles. The predicted octanol–water partition coefficient (Wildman–Crippen LogP) is 2.88. The van der Waals surface area contributed by atoms with Crippen LogP contribution in [0, 0.1) is 6.92 Å². The minimum absolute atomic E-state index is 0.360. The van der Waals surface area contributed by atoms with E-state index in [1.807, 2.05) is 7.05 Å². The fourth-order valence-electron chi connectivity index (χ4n) is 3.24. The SMILES string of the molecule is Cc1ccc(N(C)c2nnc(C3CCC(N)CC3)n2C)cc1. The van der Waals surface area contributed by atoms with Crippen LogP contribution in [0.2, 0.25) is 0 Å². The highest BCUT2D eigenvalue weighted by molar-refractivity contribution is 5.56. The summed E-state index contributed by atoms with van der Waals surface area (Å²) >= 11 is 0. The van der Waals surface area contributed by atoms with E-state index in [1.54, 1.807) is 0 Å². The van der Waals surface area contributed by atoms with E-state index in [1.165, 1.54) is 5.56 Å². The van der Waals surface area contributed by atoms with Gasteiger partial charge in [-0.25, -0.2) is 0 Å². The van der Waals surface area contributed by atoms with Crippen molar-refractivity contribution in [2.45, 2.75) is 44.6 Å². The van der Waals surface area contributed by atoms with Gasteiger partial charge in [0.1, 0.15) is 5.82 Å². The second-order valence-corrected chi connectivity index (χ2v) is 6.42. The summed E-state index contributed by atoms with van der Waals surface area (Å²) in [6.45, 7) is 2.10. The molecule has 5 heteroatoms. The average Bonchev–Trinajstić information content (AvgIpc) is 2.90. The van der Waals surface area contributed by atoms with E-state index in [0.717, 1.165) is 43.1 Å². The van der Waals surface area contributed by atoms with Crippen LogP contribution in [0.3, 0.4) is 0 Å². The van der Waals surface area contributed by atoms with Gasteiger partial charge >= 0.3 is 0 Å². The number of aryl methyl sites for hydroxylation is 1. The summed E-state index contributed by atoms with van der Waals surface area (Å²) in [5, 5.41) is 8.88. The smallest absolute Gasteiger partial charge is 0.231 e. The van der Waals surface area contributed by atoms with Crippen LogP contribution in [0.5, 0.6) is 0 Å². The predicted molar refractivity (Wildman–Crippen MR) is 89.4 cm³/mol. The van der Waals surface area contributed by atoms with Gasteiger partial charge < -0.3 is 10.6 Å². The van der Waals surface area contributed by atoms with Crippen molar-refractivity contribution >= 4 is 11.6 Å². The third kappa shape index (κ3) is 2.86. The van der Waals surface area contributed by atoms with Gasteiger partial charge in [-0.05, 0) is 44.7 Å². The molecule has 1 fully saturated rings. The number of nitrogens with zero attached hydrogens (tertiary/aromatic N) is 4. The van der Waals surface area contributed by atoms with Crippen molar-refractivity contribution in [3.63, 3.8) is 0 Å². The molecule has 5 nitrogen and oxygen atoms in total.